The van der Waals surface area contributed by atoms with Gasteiger partial charge in [-0.2, -0.15) is 0 Å². The van der Waals surface area contributed by atoms with Gasteiger partial charge in [-0.3, -0.25) is 4.79 Å². The first-order valence-corrected chi connectivity index (χ1v) is 8.26. The lowest BCUT2D eigenvalue weighted by atomic mass is 10.0. The maximum atomic E-state index is 12.7. The number of carbonyl (C=O) groups is 1. The topological polar surface area (TPSA) is 50.8 Å². The number of aryl methyl sites for hydroxylation is 1. The maximum absolute atomic E-state index is 12.7. The number of morpholine rings is 1. The Bertz CT molecular complexity index is 525. The predicted molar refractivity (Wildman–Crippen MR) is 90.6 cm³/mol. The van der Waals surface area contributed by atoms with Crippen LogP contribution in [-0.2, 0) is 16.1 Å². The first kappa shape index (κ1) is 17.8. The first-order valence-electron chi connectivity index (χ1n) is 8.26. The lowest BCUT2D eigenvalue weighted by Gasteiger charge is -2.32. The Hall–Kier alpha value is -1.59. The summed E-state index contributed by atoms with van der Waals surface area (Å²) in [7, 11) is 1.68. The largest absolute Gasteiger partial charge is 0.496 e. The van der Waals surface area contributed by atoms with Crippen molar-refractivity contribution in [3.63, 3.8) is 0 Å². The third kappa shape index (κ3) is 4.69. The molecule has 5 heteroatoms. The van der Waals surface area contributed by atoms with Gasteiger partial charge in [0.2, 0.25) is 5.91 Å². The molecular formula is C18H28N2O3. The number of carbonyl (C=O) groups excluding carboxylic acids is 1. The smallest absolute Gasteiger partial charge is 0.240 e. The Morgan fingerprint density at radius 3 is 2.65 bits per heavy atom. The highest BCUT2D eigenvalue weighted by molar-refractivity contribution is 5.82. The molecule has 0 spiro atoms. The van der Waals surface area contributed by atoms with Crippen molar-refractivity contribution in [1.29, 1.82) is 0 Å². The van der Waals surface area contributed by atoms with E-state index in [0.29, 0.717) is 32.8 Å². The molecule has 0 aliphatic carbocycles. The van der Waals surface area contributed by atoms with E-state index in [4.69, 9.17) is 9.47 Å². The van der Waals surface area contributed by atoms with Crippen molar-refractivity contribution in [2.45, 2.75) is 33.4 Å². The van der Waals surface area contributed by atoms with Gasteiger partial charge in [0, 0.05) is 19.6 Å². The van der Waals surface area contributed by atoms with Gasteiger partial charge < -0.3 is 19.7 Å². The second-order valence-corrected chi connectivity index (χ2v) is 6.34. The summed E-state index contributed by atoms with van der Waals surface area (Å²) in [6.07, 6.45) is 0. The van der Waals surface area contributed by atoms with Crippen LogP contribution in [0.3, 0.4) is 0 Å². The van der Waals surface area contributed by atoms with E-state index in [1.54, 1.807) is 7.11 Å². The lowest BCUT2D eigenvalue weighted by molar-refractivity contribution is -0.138. The Balaban J connectivity index is 2.00. The van der Waals surface area contributed by atoms with Gasteiger partial charge in [-0.25, -0.2) is 0 Å². The zero-order valence-electron chi connectivity index (χ0n) is 14.6. The third-order valence-corrected chi connectivity index (χ3v) is 4.25. The lowest BCUT2D eigenvalue weighted by Crippen LogP contribution is -2.52. The Morgan fingerprint density at radius 2 is 2.04 bits per heavy atom. The average Bonchev–Trinajstić information content (AvgIpc) is 2.56. The van der Waals surface area contributed by atoms with E-state index in [2.05, 4.69) is 25.2 Å². The van der Waals surface area contributed by atoms with Crippen molar-refractivity contribution in [3.8, 4) is 5.75 Å². The second-order valence-electron chi connectivity index (χ2n) is 6.34. The Kier molecular flexibility index (Phi) is 6.42. The zero-order chi connectivity index (χ0) is 16.8. The molecule has 1 amide bonds. The average molecular weight is 320 g/mol. The summed E-state index contributed by atoms with van der Waals surface area (Å²) in [5.41, 5.74) is 2.23. The minimum atomic E-state index is -0.180. The van der Waals surface area contributed by atoms with Gasteiger partial charge in [-0.05, 0) is 30.0 Å². The molecule has 0 radical (unpaired) electrons. The van der Waals surface area contributed by atoms with Crippen LogP contribution in [0.25, 0.3) is 0 Å². The van der Waals surface area contributed by atoms with Crippen LogP contribution >= 0.6 is 0 Å². The quantitative estimate of drug-likeness (QED) is 0.871. The van der Waals surface area contributed by atoms with Crippen molar-refractivity contribution >= 4 is 5.91 Å². The molecule has 1 heterocycles. The van der Waals surface area contributed by atoms with E-state index in [9.17, 15) is 4.79 Å². The normalized spacial score (nSPS) is 16.5. The molecule has 1 aliphatic heterocycles. The van der Waals surface area contributed by atoms with E-state index in [1.807, 2.05) is 24.0 Å². The van der Waals surface area contributed by atoms with E-state index in [-0.39, 0.29) is 17.9 Å². The van der Waals surface area contributed by atoms with Crippen LogP contribution in [0.4, 0.5) is 0 Å². The van der Waals surface area contributed by atoms with E-state index in [0.717, 1.165) is 16.9 Å². The van der Waals surface area contributed by atoms with Crippen LogP contribution in [0.15, 0.2) is 18.2 Å². The summed E-state index contributed by atoms with van der Waals surface area (Å²) in [6, 6.07) is 5.96. The SMILES string of the molecule is COc1cc(CNC(C(=O)N2CCOCC2)C(C)C)ccc1C. The molecule has 0 aromatic heterocycles. The maximum Gasteiger partial charge on any atom is 0.240 e. The van der Waals surface area contributed by atoms with Crippen molar-refractivity contribution in [3.05, 3.63) is 29.3 Å². The van der Waals surface area contributed by atoms with Gasteiger partial charge in [0.1, 0.15) is 5.75 Å². The van der Waals surface area contributed by atoms with E-state index < -0.39 is 0 Å². The molecule has 5 nitrogen and oxygen atoms in total. The fourth-order valence-electron chi connectivity index (χ4n) is 2.79. The molecule has 2 rings (SSSR count). The van der Waals surface area contributed by atoms with Gasteiger partial charge >= 0.3 is 0 Å². The molecule has 1 atom stereocenters. The number of methoxy groups -OCH3 is 1. The molecule has 128 valence electrons. The Labute approximate surface area is 139 Å². The summed E-state index contributed by atoms with van der Waals surface area (Å²) in [5.74, 6) is 1.28. The number of benzene rings is 1. The molecule has 1 saturated heterocycles. The highest BCUT2D eigenvalue weighted by Gasteiger charge is 2.27. The minimum Gasteiger partial charge on any atom is -0.496 e. The highest BCUT2D eigenvalue weighted by atomic mass is 16.5. The first-order chi connectivity index (χ1) is 11.0. The highest BCUT2D eigenvalue weighted by Crippen LogP contribution is 2.19. The second kappa shape index (κ2) is 8.31. The van der Waals surface area contributed by atoms with Crippen LogP contribution in [0.1, 0.15) is 25.0 Å². The predicted octanol–water partition coefficient (Wildman–Crippen LogP) is 1.98. The summed E-state index contributed by atoms with van der Waals surface area (Å²) < 4.78 is 10.7. The number of nitrogens with one attached hydrogen (secondary N) is 1. The van der Waals surface area contributed by atoms with Crippen LogP contribution in [0, 0.1) is 12.8 Å². The summed E-state index contributed by atoms with van der Waals surface area (Å²) in [6.45, 7) is 9.45. The minimum absolute atomic E-state index is 0.169. The van der Waals surface area contributed by atoms with E-state index >= 15 is 0 Å². The number of nitrogens with zero attached hydrogens (tertiary/aromatic N) is 1. The number of hydrogen-bond donors (Lipinski definition) is 1. The molecule has 1 aromatic carbocycles. The number of ether oxygens (including phenoxy) is 2. The fraction of sp³-hybridized carbons (Fsp3) is 0.611. The fourth-order valence-corrected chi connectivity index (χ4v) is 2.79. The van der Waals surface area contributed by atoms with Crippen molar-refractivity contribution in [2.75, 3.05) is 33.4 Å². The van der Waals surface area contributed by atoms with E-state index in [1.165, 1.54) is 0 Å². The zero-order valence-corrected chi connectivity index (χ0v) is 14.6. The molecule has 1 N–H and O–H groups in total. The standard InChI is InChI=1S/C18H28N2O3/c1-13(2)17(18(21)20-7-9-23-10-8-20)19-12-15-6-5-14(3)16(11-15)22-4/h5-6,11,13,17,19H,7-10,12H2,1-4H3. The molecule has 1 fully saturated rings. The molecular weight excluding hydrogens is 292 g/mol. The molecule has 1 aromatic rings. The Morgan fingerprint density at radius 1 is 1.35 bits per heavy atom. The van der Waals surface area contributed by atoms with Crippen molar-refractivity contribution in [2.24, 2.45) is 5.92 Å². The molecule has 1 aliphatic rings. The van der Waals surface area contributed by atoms with Crippen LogP contribution in [0.5, 0.6) is 5.75 Å². The molecule has 0 saturated carbocycles. The van der Waals surface area contributed by atoms with Crippen LogP contribution in [-0.4, -0.2) is 50.3 Å². The number of amides is 1. The molecule has 0 bridgehead atoms. The third-order valence-electron chi connectivity index (χ3n) is 4.25. The van der Waals surface area contributed by atoms with Crippen molar-refractivity contribution < 1.29 is 14.3 Å². The van der Waals surface area contributed by atoms with Crippen molar-refractivity contribution in [1.82, 2.24) is 10.2 Å². The number of hydrogen-bond acceptors (Lipinski definition) is 4. The summed E-state index contributed by atoms with van der Waals surface area (Å²) in [4.78, 5) is 14.6. The molecule has 23 heavy (non-hydrogen) atoms. The van der Waals surface area contributed by atoms with Crippen LogP contribution in [0.2, 0.25) is 0 Å². The van der Waals surface area contributed by atoms with Crippen LogP contribution < -0.4 is 10.1 Å². The summed E-state index contributed by atoms with van der Waals surface area (Å²) in [5, 5.41) is 3.42. The van der Waals surface area contributed by atoms with Gasteiger partial charge in [-0.1, -0.05) is 26.0 Å². The van der Waals surface area contributed by atoms with Gasteiger partial charge in [-0.15, -0.1) is 0 Å². The summed E-state index contributed by atoms with van der Waals surface area (Å²) >= 11 is 0. The van der Waals surface area contributed by atoms with Gasteiger partial charge in [0.25, 0.3) is 0 Å². The van der Waals surface area contributed by atoms with Gasteiger partial charge in [0.15, 0.2) is 0 Å². The van der Waals surface area contributed by atoms with Gasteiger partial charge in [0.05, 0.1) is 26.4 Å². The molecule has 1 unspecified atom stereocenters. The monoisotopic (exact) mass is 320 g/mol. The number of rotatable bonds is 6.